The quantitative estimate of drug-likeness (QED) is 0.853. The van der Waals surface area contributed by atoms with Crippen molar-refractivity contribution in [1.29, 1.82) is 0 Å². The molecule has 0 spiro atoms. The molecular formula is C16H16N2O3. The maximum atomic E-state index is 12.2. The highest BCUT2D eigenvalue weighted by Crippen LogP contribution is 2.27. The second-order valence-corrected chi connectivity index (χ2v) is 5.30. The summed E-state index contributed by atoms with van der Waals surface area (Å²) in [4.78, 5) is 25.0. The van der Waals surface area contributed by atoms with Crippen LogP contribution >= 0.6 is 0 Å². The van der Waals surface area contributed by atoms with Gasteiger partial charge in [-0.2, -0.15) is 0 Å². The van der Waals surface area contributed by atoms with Crippen LogP contribution in [0.3, 0.4) is 0 Å². The molecule has 1 unspecified atom stereocenters. The number of nitrogens with two attached hydrogens (primary N) is 1. The predicted octanol–water partition coefficient (Wildman–Crippen LogP) is 1.79. The summed E-state index contributed by atoms with van der Waals surface area (Å²) < 4.78 is 5.42. The highest BCUT2D eigenvalue weighted by Gasteiger charge is 2.29. The van der Waals surface area contributed by atoms with Gasteiger partial charge in [-0.1, -0.05) is 12.1 Å². The lowest BCUT2D eigenvalue weighted by Gasteiger charge is -2.24. The number of benzene rings is 1. The molecule has 0 saturated heterocycles. The first-order valence-electron chi connectivity index (χ1n) is 6.72. The number of hydrogen-bond acceptors (Lipinski definition) is 4. The van der Waals surface area contributed by atoms with E-state index in [1.165, 1.54) is 7.05 Å². The van der Waals surface area contributed by atoms with Crippen molar-refractivity contribution in [2.45, 2.75) is 19.4 Å². The Morgan fingerprint density at radius 1 is 1.29 bits per heavy atom. The van der Waals surface area contributed by atoms with Gasteiger partial charge in [0, 0.05) is 12.6 Å². The number of amides is 2. The number of likely N-dealkylation sites (N-methyl/N-ethyl adjacent to an activating group) is 1. The van der Waals surface area contributed by atoms with Gasteiger partial charge >= 0.3 is 0 Å². The molecule has 2 heterocycles. The minimum atomic E-state index is -0.430. The van der Waals surface area contributed by atoms with Gasteiger partial charge in [0.1, 0.15) is 5.76 Å². The highest BCUT2D eigenvalue weighted by molar-refractivity contribution is 6.09. The largest absolute Gasteiger partial charge is 0.467 e. The minimum absolute atomic E-state index is 0.188. The zero-order valence-corrected chi connectivity index (χ0v) is 11.9. The summed E-state index contributed by atoms with van der Waals surface area (Å²) in [6, 6.07) is 6.82. The van der Waals surface area contributed by atoms with E-state index in [1.807, 2.05) is 19.1 Å². The fourth-order valence-electron chi connectivity index (χ4n) is 2.57. The SMILES string of the molecule is Cc1ccoc1C(N)c1ccc2c(c1)C(=O)N(C)C(=O)C2. The summed E-state index contributed by atoms with van der Waals surface area (Å²) in [6.07, 6.45) is 1.84. The van der Waals surface area contributed by atoms with E-state index in [0.717, 1.165) is 21.6 Å². The van der Waals surface area contributed by atoms with E-state index >= 15 is 0 Å². The molecular weight excluding hydrogens is 268 g/mol. The lowest BCUT2D eigenvalue weighted by Crippen LogP contribution is -2.39. The molecule has 108 valence electrons. The van der Waals surface area contributed by atoms with Crippen LogP contribution in [0.2, 0.25) is 0 Å². The maximum absolute atomic E-state index is 12.2. The van der Waals surface area contributed by atoms with Crippen LogP contribution in [0.4, 0.5) is 0 Å². The molecule has 1 aromatic carbocycles. The van der Waals surface area contributed by atoms with Gasteiger partial charge in [-0.05, 0) is 35.7 Å². The van der Waals surface area contributed by atoms with E-state index < -0.39 is 6.04 Å². The summed E-state index contributed by atoms with van der Waals surface area (Å²) in [5.74, 6) is 0.209. The normalized spacial score (nSPS) is 16.0. The summed E-state index contributed by atoms with van der Waals surface area (Å²) in [5, 5.41) is 0. The van der Waals surface area contributed by atoms with Crippen LogP contribution in [0.5, 0.6) is 0 Å². The van der Waals surface area contributed by atoms with E-state index in [9.17, 15) is 9.59 Å². The maximum Gasteiger partial charge on any atom is 0.260 e. The Bertz CT molecular complexity index is 733. The van der Waals surface area contributed by atoms with Crippen molar-refractivity contribution in [3.8, 4) is 0 Å². The number of imide groups is 1. The number of aryl methyl sites for hydroxylation is 1. The third kappa shape index (κ3) is 2.15. The first-order chi connectivity index (χ1) is 9.99. The molecule has 0 bridgehead atoms. The van der Waals surface area contributed by atoms with Crippen LogP contribution in [0.15, 0.2) is 34.9 Å². The van der Waals surface area contributed by atoms with Gasteiger partial charge in [0.2, 0.25) is 5.91 Å². The van der Waals surface area contributed by atoms with Gasteiger partial charge in [0.25, 0.3) is 5.91 Å². The van der Waals surface area contributed by atoms with Gasteiger partial charge in [-0.3, -0.25) is 14.5 Å². The monoisotopic (exact) mass is 284 g/mol. The molecule has 5 nitrogen and oxygen atoms in total. The topological polar surface area (TPSA) is 76.5 Å². The third-order valence-electron chi connectivity index (χ3n) is 3.93. The summed E-state index contributed by atoms with van der Waals surface area (Å²) in [5.41, 5.74) is 9.26. The van der Waals surface area contributed by atoms with Gasteiger partial charge in [0.15, 0.2) is 0 Å². The molecule has 2 amide bonds. The number of carbonyl (C=O) groups is 2. The summed E-state index contributed by atoms with van der Waals surface area (Å²) in [7, 11) is 1.50. The molecule has 2 aromatic rings. The number of hydrogen-bond donors (Lipinski definition) is 1. The third-order valence-corrected chi connectivity index (χ3v) is 3.93. The molecule has 1 atom stereocenters. The van der Waals surface area contributed by atoms with Crippen molar-refractivity contribution in [2.24, 2.45) is 5.73 Å². The molecule has 1 aliphatic heterocycles. The molecule has 0 fully saturated rings. The highest BCUT2D eigenvalue weighted by atomic mass is 16.3. The van der Waals surface area contributed by atoms with Crippen molar-refractivity contribution in [3.63, 3.8) is 0 Å². The molecule has 3 rings (SSSR count). The number of furan rings is 1. The van der Waals surface area contributed by atoms with Crippen LogP contribution in [0.1, 0.15) is 38.9 Å². The zero-order valence-electron chi connectivity index (χ0n) is 11.9. The van der Waals surface area contributed by atoms with E-state index in [0.29, 0.717) is 11.3 Å². The first-order valence-corrected chi connectivity index (χ1v) is 6.72. The van der Waals surface area contributed by atoms with Gasteiger partial charge in [-0.15, -0.1) is 0 Å². The first kappa shape index (κ1) is 13.6. The lowest BCUT2D eigenvalue weighted by molar-refractivity contribution is -0.127. The molecule has 0 aliphatic carbocycles. The standard InChI is InChI=1S/C16H16N2O3/c1-9-5-6-21-15(9)14(17)11-4-3-10-8-13(19)18(2)16(20)12(10)7-11/h3-7,14H,8,17H2,1-2H3. The second kappa shape index (κ2) is 4.86. The number of rotatable bonds is 2. The number of nitrogens with zero attached hydrogens (tertiary/aromatic N) is 1. The average Bonchev–Trinajstić information content (AvgIpc) is 2.90. The van der Waals surface area contributed by atoms with E-state index in [-0.39, 0.29) is 18.2 Å². The number of fused-ring (bicyclic) bond motifs is 1. The predicted molar refractivity (Wildman–Crippen MR) is 76.7 cm³/mol. The van der Waals surface area contributed by atoms with E-state index in [1.54, 1.807) is 18.4 Å². The molecule has 1 aliphatic rings. The Hall–Kier alpha value is -2.40. The van der Waals surface area contributed by atoms with Crippen molar-refractivity contribution in [3.05, 3.63) is 58.5 Å². The van der Waals surface area contributed by atoms with Crippen LogP contribution in [0.25, 0.3) is 0 Å². The van der Waals surface area contributed by atoms with Crippen molar-refractivity contribution >= 4 is 11.8 Å². The molecule has 1 aromatic heterocycles. The Morgan fingerprint density at radius 2 is 2.05 bits per heavy atom. The van der Waals surface area contributed by atoms with Crippen molar-refractivity contribution in [1.82, 2.24) is 4.90 Å². The van der Waals surface area contributed by atoms with Gasteiger partial charge in [-0.25, -0.2) is 0 Å². The van der Waals surface area contributed by atoms with Crippen LogP contribution in [0, 0.1) is 6.92 Å². The minimum Gasteiger partial charge on any atom is -0.467 e. The Labute approximate surface area is 122 Å². The molecule has 5 heteroatoms. The average molecular weight is 284 g/mol. The lowest BCUT2D eigenvalue weighted by atomic mass is 9.93. The van der Waals surface area contributed by atoms with E-state index in [4.69, 9.17) is 10.2 Å². The van der Waals surface area contributed by atoms with Crippen LogP contribution < -0.4 is 5.73 Å². The van der Waals surface area contributed by atoms with E-state index in [2.05, 4.69) is 0 Å². The smallest absolute Gasteiger partial charge is 0.260 e. The summed E-state index contributed by atoms with van der Waals surface area (Å²) in [6.45, 7) is 1.93. The fourth-order valence-corrected chi connectivity index (χ4v) is 2.57. The Kier molecular flexibility index (Phi) is 3.14. The van der Waals surface area contributed by atoms with Gasteiger partial charge < -0.3 is 10.2 Å². The zero-order chi connectivity index (χ0) is 15.1. The fraction of sp³-hybridized carbons (Fsp3) is 0.250. The second-order valence-electron chi connectivity index (χ2n) is 5.30. The van der Waals surface area contributed by atoms with Crippen molar-refractivity contribution in [2.75, 3.05) is 7.05 Å². The molecule has 0 saturated carbocycles. The van der Waals surface area contributed by atoms with Crippen LogP contribution in [-0.4, -0.2) is 23.8 Å². The van der Waals surface area contributed by atoms with Crippen LogP contribution in [-0.2, 0) is 11.2 Å². The summed E-state index contributed by atoms with van der Waals surface area (Å²) >= 11 is 0. The number of carbonyl (C=O) groups excluding carboxylic acids is 2. The molecule has 21 heavy (non-hydrogen) atoms. The Morgan fingerprint density at radius 3 is 2.71 bits per heavy atom. The van der Waals surface area contributed by atoms with Gasteiger partial charge in [0.05, 0.1) is 18.7 Å². The molecule has 0 radical (unpaired) electrons. The Balaban J connectivity index is 2.02. The molecule has 2 N–H and O–H groups in total. The van der Waals surface area contributed by atoms with Crippen molar-refractivity contribution < 1.29 is 14.0 Å².